The SMILES string of the molecule is C=CCOCCCCCCCCCOS(=O)(=O)OCOC(C)COc1ccccc1. The lowest BCUT2D eigenvalue weighted by atomic mass is 10.1. The van der Waals surface area contributed by atoms with Crippen LogP contribution in [0.2, 0.25) is 0 Å². The number of rotatable bonds is 20. The molecule has 0 aromatic heterocycles. The van der Waals surface area contributed by atoms with E-state index in [0.717, 1.165) is 50.9 Å². The molecule has 0 bridgehead atoms. The zero-order valence-corrected chi connectivity index (χ0v) is 18.8. The van der Waals surface area contributed by atoms with E-state index >= 15 is 0 Å². The van der Waals surface area contributed by atoms with Crippen LogP contribution in [0.4, 0.5) is 0 Å². The molecule has 30 heavy (non-hydrogen) atoms. The van der Waals surface area contributed by atoms with E-state index in [1.54, 1.807) is 13.0 Å². The Morgan fingerprint density at radius 2 is 1.57 bits per heavy atom. The summed E-state index contributed by atoms with van der Waals surface area (Å²) < 4.78 is 49.1. The van der Waals surface area contributed by atoms with Crippen molar-refractivity contribution in [3.8, 4) is 5.75 Å². The van der Waals surface area contributed by atoms with E-state index in [1.807, 2.05) is 30.3 Å². The Bertz CT molecular complexity index is 634. The molecule has 0 heterocycles. The van der Waals surface area contributed by atoms with E-state index in [1.165, 1.54) is 0 Å². The van der Waals surface area contributed by atoms with E-state index in [9.17, 15) is 8.42 Å². The van der Waals surface area contributed by atoms with Gasteiger partial charge in [-0.3, -0.25) is 0 Å². The molecule has 0 spiro atoms. The first-order chi connectivity index (χ1) is 14.5. The largest absolute Gasteiger partial charge is 0.491 e. The van der Waals surface area contributed by atoms with Gasteiger partial charge in [-0.25, -0.2) is 8.37 Å². The van der Waals surface area contributed by atoms with Gasteiger partial charge in [-0.15, -0.1) is 6.58 Å². The number of para-hydroxylation sites is 1. The minimum absolute atomic E-state index is 0.115. The van der Waals surface area contributed by atoms with Crippen molar-refractivity contribution in [2.45, 2.75) is 58.0 Å². The first-order valence-electron chi connectivity index (χ1n) is 10.6. The summed E-state index contributed by atoms with van der Waals surface area (Å²) in [6.45, 7) is 6.77. The molecule has 7 nitrogen and oxygen atoms in total. The van der Waals surface area contributed by atoms with Crippen molar-refractivity contribution in [2.75, 3.05) is 33.2 Å². The summed E-state index contributed by atoms with van der Waals surface area (Å²) in [6.07, 6.45) is 8.57. The summed E-state index contributed by atoms with van der Waals surface area (Å²) in [5, 5.41) is 0. The lowest BCUT2D eigenvalue weighted by molar-refractivity contribution is -0.0472. The summed E-state index contributed by atoms with van der Waals surface area (Å²) in [5.74, 6) is 0.724. The highest BCUT2D eigenvalue weighted by atomic mass is 32.3. The van der Waals surface area contributed by atoms with Crippen LogP contribution in [0.5, 0.6) is 5.75 Å². The lowest BCUT2D eigenvalue weighted by Gasteiger charge is -2.14. The third kappa shape index (κ3) is 15.4. The van der Waals surface area contributed by atoms with Crippen LogP contribution in [0.3, 0.4) is 0 Å². The Kier molecular flexibility index (Phi) is 15.3. The van der Waals surface area contributed by atoms with Gasteiger partial charge in [0.15, 0.2) is 6.79 Å². The molecule has 0 N–H and O–H groups in total. The molecule has 0 aliphatic carbocycles. The van der Waals surface area contributed by atoms with Crippen LogP contribution in [0, 0.1) is 0 Å². The Hall–Kier alpha value is -1.45. The van der Waals surface area contributed by atoms with Crippen molar-refractivity contribution in [1.29, 1.82) is 0 Å². The van der Waals surface area contributed by atoms with Crippen molar-refractivity contribution >= 4 is 10.4 Å². The lowest BCUT2D eigenvalue weighted by Crippen LogP contribution is -2.21. The zero-order valence-electron chi connectivity index (χ0n) is 18.0. The molecule has 0 aliphatic rings. The predicted molar refractivity (Wildman–Crippen MR) is 117 cm³/mol. The van der Waals surface area contributed by atoms with Gasteiger partial charge in [0.1, 0.15) is 12.4 Å². The van der Waals surface area contributed by atoms with Gasteiger partial charge in [0.2, 0.25) is 0 Å². The summed E-state index contributed by atoms with van der Waals surface area (Å²) in [5.41, 5.74) is 0. The molecule has 1 rings (SSSR count). The number of hydrogen-bond donors (Lipinski definition) is 0. The minimum Gasteiger partial charge on any atom is -0.491 e. The predicted octanol–water partition coefficient (Wildman–Crippen LogP) is 4.64. The summed E-state index contributed by atoms with van der Waals surface area (Å²) in [7, 11) is -4.04. The van der Waals surface area contributed by atoms with Crippen LogP contribution in [-0.4, -0.2) is 47.7 Å². The van der Waals surface area contributed by atoms with Gasteiger partial charge >= 0.3 is 10.4 Å². The maximum atomic E-state index is 11.7. The fourth-order valence-electron chi connectivity index (χ4n) is 2.53. The monoisotopic (exact) mass is 444 g/mol. The molecule has 0 saturated heterocycles. The molecule has 0 amide bonds. The van der Waals surface area contributed by atoms with E-state index in [-0.39, 0.29) is 19.3 Å². The zero-order chi connectivity index (χ0) is 21.9. The molecular formula is C22H36O7S. The molecule has 0 radical (unpaired) electrons. The van der Waals surface area contributed by atoms with Crippen molar-refractivity contribution < 1.29 is 31.0 Å². The van der Waals surface area contributed by atoms with Crippen molar-refractivity contribution in [2.24, 2.45) is 0 Å². The van der Waals surface area contributed by atoms with Gasteiger partial charge in [-0.1, -0.05) is 56.4 Å². The second-order valence-electron chi connectivity index (χ2n) is 6.91. The highest BCUT2D eigenvalue weighted by Crippen LogP contribution is 2.10. The third-order valence-electron chi connectivity index (χ3n) is 4.17. The number of ether oxygens (including phenoxy) is 3. The van der Waals surface area contributed by atoms with Gasteiger partial charge in [0, 0.05) is 6.61 Å². The third-order valence-corrected chi connectivity index (χ3v) is 5.01. The van der Waals surface area contributed by atoms with Crippen molar-refractivity contribution in [1.82, 2.24) is 0 Å². The Labute approximate surface area is 181 Å². The van der Waals surface area contributed by atoms with Crippen LogP contribution in [-0.2, 0) is 28.2 Å². The molecule has 8 heteroatoms. The number of hydrogen-bond acceptors (Lipinski definition) is 7. The topological polar surface area (TPSA) is 80.3 Å². The van der Waals surface area contributed by atoms with Crippen molar-refractivity contribution in [3.63, 3.8) is 0 Å². The van der Waals surface area contributed by atoms with E-state index < -0.39 is 17.2 Å². The van der Waals surface area contributed by atoms with Crippen LogP contribution in [0.15, 0.2) is 43.0 Å². The molecular weight excluding hydrogens is 408 g/mol. The van der Waals surface area contributed by atoms with Crippen LogP contribution >= 0.6 is 0 Å². The standard InChI is InChI=1S/C22H36O7S/c1-3-16-25-17-12-7-5-4-6-8-13-18-28-30(23,24)29-20-27-21(2)19-26-22-14-10-9-11-15-22/h3,9-11,14-15,21H,1,4-8,12-13,16-20H2,2H3. The Morgan fingerprint density at radius 1 is 0.933 bits per heavy atom. The molecule has 1 aromatic rings. The first kappa shape index (κ1) is 26.6. The van der Waals surface area contributed by atoms with Gasteiger partial charge in [-0.2, -0.15) is 8.42 Å². The van der Waals surface area contributed by atoms with Gasteiger partial charge in [0.25, 0.3) is 0 Å². The summed E-state index contributed by atoms with van der Waals surface area (Å²) in [6, 6.07) is 9.31. The fourth-order valence-corrected chi connectivity index (χ4v) is 3.10. The van der Waals surface area contributed by atoms with Gasteiger partial charge in [-0.05, 0) is 31.9 Å². The Balaban J connectivity index is 1.95. The molecule has 172 valence electrons. The first-order valence-corrected chi connectivity index (χ1v) is 11.9. The molecule has 0 fully saturated rings. The average Bonchev–Trinajstić information content (AvgIpc) is 2.73. The van der Waals surface area contributed by atoms with E-state index in [2.05, 4.69) is 6.58 Å². The summed E-state index contributed by atoms with van der Waals surface area (Å²) >= 11 is 0. The maximum absolute atomic E-state index is 11.7. The molecule has 0 saturated carbocycles. The molecule has 1 aromatic carbocycles. The van der Waals surface area contributed by atoms with E-state index in [0.29, 0.717) is 13.0 Å². The number of unbranched alkanes of at least 4 members (excludes halogenated alkanes) is 6. The Morgan fingerprint density at radius 3 is 2.23 bits per heavy atom. The highest BCUT2D eigenvalue weighted by molar-refractivity contribution is 7.81. The van der Waals surface area contributed by atoms with Crippen LogP contribution in [0.25, 0.3) is 0 Å². The molecule has 0 aliphatic heterocycles. The van der Waals surface area contributed by atoms with E-state index in [4.69, 9.17) is 22.6 Å². The van der Waals surface area contributed by atoms with Gasteiger partial charge in [0.05, 0.1) is 19.3 Å². The van der Waals surface area contributed by atoms with Crippen LogP contribution in [0.1, 0.15) is 51.9 Å². The molecule has 1 unspecified atom stereocenters. The summed E-state index contributed by atoms with van der Waals surface area (Å²) in [4.78, 5) is 0. The van der Waals surface area contributed by atoms with Crippen LogP contribution < -0.4 is 4.74 Å². The smallest absolute Gasteiger partial charge is 0.402 e. The second-order valence-corrected chi connectivity index (χ2v) is 8.19. The number of benzene rings is 1. The minimum atomic E-state index is -4.04. The average molecular weight is 445 g/mol. The second kappa shape index (κ2) is 17.3. The fraction of sp³-hybridized carbons (Fsp3) is 0.636. The quantitative estimate of drug-likeness (QED) is 0.165. The van der Waals surface area contributed by atoms with Gasteiger partial charge < -0.3 is 14.2 Å². The normalized spacial score (nSPS) is 12.6. The molecule has 1 atom stereocenters. The maximum Gasteiger partial charge on any atom is 0.402 e. The highest BCUT2D eigenvalue weighted by Gasteiger charge is 2.13. The van der Waals surface area contributed by atoms with Crippen molar-refractivity contribution in [3.05, 3.63) is 43.0 Å².